The molecular formula is C22H30FN3O. The highest BCUT2D eigenvalue weighted by Crippen LogP contribution is 2.48. The Bertz CT molecular complexity index is 718. The van der Waals surface area contributed by atoms with Gasteiger partial charge in [-0.25, -0.2) is 9.18 Å². The summed E-state index contributed by atoms with van der Waals surface area (Å²) in [6.45, 7) is 5.79. The molecule has 1 aromatic rings. The first kappa shape index (κ1) is 17.5. The minimum Gasteiger partial charge on any atom is -0.324 e. The lowest BCUT2D eigenvalue weighted by atomic mass is 9.74. The second-order valence-corrected chi connectivity index (χ2v) is 9.10. The van der Waals surface area contributed by atoms with Crippen molar-refractivity contribution in [2.45, 2.75) is 50.4 Å². The molecule has 1 spiro atoms. The van der Waals surface area contributed by atoms with Gasteiger partial charge in [0.2, 0.25) is 0 Å². The van der Waals surface area contributed by atoms with Gasteiger partial charge in [0.05, 0.1) is 0 Å². The molecule has 4 nitrogen and oxygen atoms in total. The van der Waals surface area contributed by atoms with E-state index in [9.17, 15) is 9.18 Å². The van der Waals surface area contributed by atoms with Crippen LogP contribution in [0.2, 0.25) is 0 Å². The smallest absolute Gasteiger partial charge is 0.324 e. The zero-order valence-corrected chi connectivity index (χ0v) is 16.1. The van der Waals surface area contributed by atoms with Crippen molar-refractivity contribution in [2.75, 3.05) is 44.2 Å². The molecule has 2 saturated heterocycles. The summed E-state index contributed by atoms with van der Waals surface area (Å²) in [4.78, 5) is 19.8. The number of halogens is 1. The summed E-state index contributed by atoms with van der Waals surface area (Å²) in [5, 5.41) is 0. The molecular weight excluding hydrogens is 341 g/mol. The van der Waals surface area contributed by atoms with Gasteiger partial charge in [0.25, 0.3) is 0 Å². The number of rotatable bonds is 2. The summed E-state index contributed by atoms with van der Waals surface area (Å²) < 4.78 is 14.1. The van der Waals surface area contributed by atoms with Crippen molar-refractivity contribution in [3.05, 3.63) is 29.6 Å². The van der Waals surface area contributed by atoms with Crippen LogP contribution in [-0.2, 0) is 5.41 Å². The first-order chi connectivity index (χ1) is 13.1. The number of piperidine rings is 2. The summed E-state index contributed by atoms with van der Waals surface area (Å²) >= 11 is 0. The third-order valence-electron chi connectivity index (χ3n) is 7.17. The van der Waals surface area contributed by atoms with Crippen molar-refractivity contribution in [3.63, 3.8) is 0 Å². The maximum Gasteiger partial charge on any atom is 0.324 e. The Morgan fingerprint density at radius 1 is 1.07 bits per heavy atom. The van der Waals surface area contributed by atoms with E-state index in [2.05, 4.69) is 4.90 Å². The molecule has 1 aromatic carbocycles. The van der Waals surface area contributed by atoms with Gasteiger partial charge in [-0.15, -0.1) is 0 Å². The molecule has 0 radical (unpaired) electrons. The lowest BCUT2D eigenvalue weighted by molar-refractivity contribution is 0.157. The molecule has 0 bridgehead atoms. The molecule has 146 valence electrons. The van der Waals surface area contributed by atoms with Gasteiger partial charge >= 0.3 is 6.03 Å². The maximum atomic E-state index is 14.1. The molecule has 27 heavy (non-hydrogen) atoms. The zero-order valence-electron chi connectivity index (χ0n) is 16.1. The molecule has 0 unspecified atom stereocenters. The Balaban J connectivity index is 1.39. The molecule has 1 saturated carbocycles. The normalized spacial score (nSPS) is 25.1. The SMILES string of the molecule is O=C(N1CCCCC1)N1CC2(CCN(CC3CC3)CC2)c2cc(F)ccc21. The monoisotopic (exact) mass is 371 g/mol. The summed E-state index contributed by atoms with van der Waals surface area (Å²) in [7, 11) is 0. The highest BCUT2D eigenvalue weighted by molar-refractivity contribution is 5.95. The van der Waals surface area contributed by atoms with Gasteiger partial charge in [0, 0.05) is 37.3 Å². The van der Waals surface area contributed by atoms with Crippen molar-refractivity contribution in [3.8, 4) is 0 Å². The van der Waals surface area contributed by atoms with Gasteiger partial charge in [-0.3, -0.25) is 4.90 Å². The standard InChI is InChI=1S/C22H30FN3O/c23-18-6-7-20-19(14-18)22(8-12-24(13-9-22)15-17-4-5-17)16-26(20)21(27)25-10-2-1-3-11-25/h6-7,14,17H,1-5,8-13,15-16H2. The fourth-order valence-corrected chi connectivity index (χ4v) is 5.32. The van der Waals surface area contributed by atoms with E-state index in [-0.39, 0.29) is 17.3 Å². The molecule has 3 fully saturated rings. The molecule has 0 atom stereocenters. The average molecular weight is 372 g/mol. The van der Waals surface area contributed by atoms with Crippen molar-refractivity contribution < 1.29 is 9.18 Å². The number of benzene rings is 1. The lowest BCUT2D eigenvalue weighted by Gasteiger charge is -2.40. The molecule has 0 N–H and O–H groups in total. The van der Waals surface area contributed by atoms with Crippen molar-refractivity contribution >= 4 is 11.7 Å². The van der Waals surface area contributed by atoms with Crippen LogP contribution in [0.3, 0.4) is 0 Å². The van der Waals surface area contributed by atoms with Crippen LogP contribution in [0.15, 0.2) is 18.2 Å². The van der Waals surface area contributed by atoms with E-state index in [0.717, 1.165) is 75.6 Å². The average Bonchev–Trinajstić information content (AvgIpc) is 3.47. The maximum absolute atomic E-state index is 14.1. The molecule has 0 aromatic heterocycles. The number of hydrogen-bond acceptors (Lipinski definition) is 2. The number of fused-ring (bicyclic) bond motifs is 2. The van der Waals surface area contributed by atoms with Crippen molar-refractivity contribution in [1.82, 2.24) is 9.80 Å². The number of carbonyl (C=O) groups is 1. The Hall–Kier alpha value is -1.62. The molecule has 3 heterocycles. The van der Waals surface area contributed by atoms with Crippen molar-refractivity contribution in [1.29, 1.82) is 0 Å². The Morgan fingerprint density at radius 2 is 1.81 bits per heavy atom. The Labute approximate surface area is 161 Å². The summed E-state index contributed by atoms with van der Waals surface area (Å²) in [5.74, 6) is 0.727. The van der Waals surface area contributed by atoms with E-state index in [1.807, 2.05) is 15.9 Å². The Morgan fingerprint density at radius 3 is 2.52 bits per heavy atom. The molecule has 5 rings (SSSR count). The van der Waals surface area contributed by atoms with Crippen LogP contribution in [0.5, 0.6) is 0 Å². The molecule has 2 amide bonds. The minimum absolute atomic E-state index is 0.0665. The number of nitrogens with zero attached hydrogens (tertiary/aromatic N) is 3. The molecule has 1 aliphatic carbocycles. The van der Waals surface area contributed by atoms with E-state index < -0.39 is 0 Å². The van der Waals surface area contributed by atoms with E-state index in [1.165, 1.54) is 31.9 Å². The number of hydrogen-bond donors (Lipinski definition) is 0. The van der Waals surface area contributed by atoms with Crippen LogP contribution in [0, 0.1) is 11.7 Å². The largest absolute Gasteiger partial charge is 0.324 e. The van der Waals surface area contributed by atoms with E-state index >= 15 is 0 Å². The predicted molar refractivity (Wildman–Crippen MR) is 105 cm³/mol. The number of likely N-dealkylation sites (tertiary alicyclic amines) is 2. The molecule has 3 aliphatic heterocycles. The van der Waals surface area contributed by atoms with E-state index in [1.54, 1.807) is 6.07 Å². The second-order valence-electron chi connectivity index (χ2n) is 9.10. The van der Waals surface area contributed by atoms with Gasteiger partial charge < -0.3 is 9.80 Å². The van der Waals surface area contributed by atoms with E-state index in [0.29, 0.717) is 0 Å². The number of carbonyl (C=O) groups excluding carboxylic acids is 1. The third-order valence-corrected chi connectivity index (χ3v) is 7.17. The van der Waals surface area contributed by atoms with Crippen LogP contribution < -0.4 is 4.90 Å². The number of amides is 2. The van der Waals surface area contributed by atoms with E-state index in [4.69, 9.17) is 0 Å². The fourth-order valence-electron chi connectivity index (χ4n) is 5.32. The van der Waals surface area contributed by atoms with Gasteiger partial charge in [-0.05, 0) is 87.7 Å². The molecule has 5 heteroatoms. The third kappa shape index (κ3) is 3.24. The summed E-state index contributed by atoms with van der Waals surface area (Å²) in [6, 6.07) is 5.17. The quantitative estimate of drug-likeness (QED) is 0.786. The van der Waals surface area contributed by atoms with Crippen LogP contribution in [-0.4, -0.2) is 55.1 Å². The van der Waals surface area contributed by atoms with Gasteiger partial charge in [-0.2, -0.15) is 0 Å². The van der Waals surface area contributed by atoms with Crippen LogP contribution >= 0.6 is 0 Å². The minimum atomic E-state index is -0.180. The second kappa shape index (κ2) is 6.77. The van der Waals surface area contributed by atoms with Gasteiger partial charge in [0.15, 0.2) is 0 Å². The van der Waals surface area contributed by atoms with Crippen molar-refractivity contribution in [2.24, 2.45) is 5.92 Å². The first-order valence-electron chi connectivity index (χ1n) is 10.7. The highest BCUT2D eigenvalue weighted by Gasteiger charge is 2.47. The highest BCUT2D eigenvalue weighted by atomic mass is 19.1. The number of urea groups is 1. The Kier molecular flexibility index (Phi) is 4.38. The van der Waals surface area contributed by atoms with Crippen LogP contribution in [0.25, 0.3) is 0 Å². The zero-order chi connectivity index (χ0) is 18.4. The van der Waals surface area contributed by atoms with Gasteiger partial charge in [-0.1, -0.05) is 0 Å². The fraction of sp³-hybridized carbons (Fsp3) is 0.682. The lowest BCUT2D eigenvalue weighted by Crippen LogP contribution is -2.49. The van der Waals surface area contributed by atoms with Crippen LogP contribution in [0.1, 0.15) is 50.5 Å². The topological polar surface area (TPSA) is 26.8 Å². The summed E-state index contributed by atoms with van der Waals surface area (Å²) in [6.07, 6.45) is 8.22. The first-order valence-corrected chi connectivity index (χ1v) is 10.7. The number of anilines is 1. The summed E-state index contributed by atoms with van der Waals surface area (Å²) in [5.41, 5.74) is 1.95. The van der Waals surface area contributed by atoms with Gasteiger partial charge in [0.1, 0.15) is 5.82 Å². The molecule has 4 aliphatic rings. The predicted octanol–water partition coefficient (Wildman–Crippen LogP) is 4.00. The van der Waals surface area contributed by atoms with Crippen LogP contribution in [0.4, 0.5) is 14.9 Å².